The summed E-state index contributed by atoms with van der Waals surface area (Å²) in [7, 11) is 1.75. The van der Waals surface area contributed by atoms with E-state index in [-0.39, 0.29) is 23.9 Å². The van der Waals surface area contributed by atoms with Gasteiger partial charge in [0.05, 0.1) is 12.1 Å². The first-order chi connectivity index (χ1) is 12.6. The molecule has 1 N–H and O–H groups in total. The summed E-state index contributed by atoms with van der Waals surface area (Å²) in [5.74, 6) is 2.01. The molecule has 0 spiro atoms. The van der Waals surface area contributed by atoms with Gasteiger partial charge < -0.3 is 19.4 Å². The van der Waals surface area contributed by atoms with E-state index >= 15 is 0 Å². The quantitative estimate of drug-likeness (QED) is 0.891. The summed E-state index contributed by atoms with van der Waals surface area (Å²) in [6.07, 6.45) is 3.72. The molecule has 0 bridgehead atoms. The van der Waals surface area contributed by atoms with E-state index in [1.54, 1.807) is 20.2 Å². The van der Waals surface area contributed by atoms with Gasteiger partial charge in [0.1, 0.15) is 5.82 Å². The van der Waals surface area contributed by atoms with E-state index in [4.69, 9.17) is 9.15 Å². The van der Waals surface area contributed by atoms with Gasteiger partial charge in [-0.05, 0) is 36.8 Å². The number of rotatable bonds is 4. The van der Waals surface area contributed by atoms with Crippen molar-refractivity contribution in [2.75, 3.05) is 25.5 Å². The van der Waals surface area contributed by atoms with Gasteiger partial charge in [0, 0.05) is 33.3 Å². The lowest BCUT2D eigenvalue weighted by Gasteiger charge is -2.37. The third-order valence-corrected chi connectivity index (χ3v) is 5.41. The molecule has 8 nitrogen and oxygen atoms in total. The smallest absolute Gasteiger partial charge is 0.311 e. The highest BCUT2D eigenvalue weighted by atomic mass is 16.5. The lowest BCUT2D eigenvalue weighted by Crippen LogP contribution is -2.44. The molecule has 1 saturated carbocycles. The number of ether oxygens (including phenoxy) is 1. The number of anilines is 1. The van der Waals surface area contributed by atoms with Crippen molar-refractivity contribution in [3.05, 3.63) is 36.2 Å². The number of amides is 1. The molecule has 2 fully saturated rings. The van der Waals surface area contributed by atoms with Crippen molar-refractivity contribution in [3.63, 3.8) is 0 Å². The molecular weight excluding hydrogens is 334 g/mol. The van der Waals surface area contributed by atoms with Crippen molar-refractivity contribution >= 4 is 11.7 Å². The summed E-state index contributed by atoms with van der Waals surface area (Å²) in [4.78, 5) is 18.8. The predicted octanol–water partition coefficient (Wildman–Crippen LogP) is 1.75. The van der Waals surface area contributed by atoms with Crippen LogP contribution in [0.2, 0.25) is 0 Å². The van der Waals surface area contributed by atoms with Crippen molar-refractivity contribution in [1.82, 2.24) is 20.1 Å². The second kappa shape index (κ2) is 7.03. The van der Waals surface area contributed by atoms with Gasteiger partial charge in [0.25, 0.3) is 0 Å². The highest BCUT2D eigenvalue weighted by Crippen LogP contribution is 2.38. The van der Waals surface area contributed by atoms with Gasteiger partial charge in [-0.15, -0.1) is 10.2 Å². The number of carbonyl (C=O) groups excluding carboxylic acids is 1. The minimum atomic E-state index is -0.178. The Morgan fingerprint density at radius 2 is 2.08 bits per heavy atom. The molecule has 2 aliphatic rings. The predicted molar refractivity (Wildman–Crippen MR) is 93.6 cm³/mol. The van der Waals surface area contributed by atoms with Gasteiger partial charge in [-0.1, -0.05) is 6.07 Å². The molecule has 3 heterocycles. The standard InChI is InChI=1S/C18H23N5O3/c1-11-21-22-17(26-11)18(24)23-9-12-7-14(15(25-2)8-13(12)10-23)20-16-5-3-4-6-19-16/h3-6,12-15H,7-10H2,1-2H3,(H,19,20)/t12-,13+,14-,15-/m1/s1. The first kappa shape index (κ1) is 17.0. The maximum Gasteiger partial charge on any atom is 0.311 e. The Bertz CT molecular complexity index is 765. The van der Waals surface area contributed by atoms with E-state index < -0.39 is 0 Å². The zero-order valence-corrected chi connectivity index (χ0v) is 15.0. The molecule has 0 radical (unpaired) electrons. The molecule has 1 aliphatic carbocycles. The number of nitrogens with zero attached hydrogens (tertiary/aromatic N) is 4. The van der Waals surface area contributed by atoms with Crippen LogP contribution in [0.5, 0.6) is 0 Å². The van der Waals surface area contributed by atoms with E-state index in [0.29, 0.717) is 30.8 Å². The lowest BCUT2D eigenvalue weighted by atomic mass is 9.77. The first-order valence-corrected chi connectivity index (χ1v) is 8.93. The molecule has 0 aromatic carbocycles. The fourth-order valence-electron chi connectivity index (χ4n) is 4.15. The van der Waals surface area contributed by atoms with Crippen molar-refractivity contribution < 1.29 is 13.9 Å². The van der Waals surface area contributed by atoms with Gasteiger partial charge >= 0.3 is 11.8 Å². The number of methoxy groups -OCH3 is 1. The molecule has 8 heteroatoms. The van der Waals surface area contributed by atoms with E-state index in [1.165, 1.54) is 0 Å². The highest BCUT2D eigenvalue weighted by molar-refractivity contribution is 5.89. The van der Waals surface area contributed by atoms with Crippen LogP contribution in [-0.2, 0) is 4.74 Å². The van der Waals surface area contributed by atoms with Gasteiger partial charge in [0.15, 0.2) is 0 Å². The van der Waals surface area contributed by atoms with E-state index in [2.05, 4.69) is 20.5 Å². The molecule has 1 amide bonds. The molecule has 4 atom stereocenters. The third kappa shape index (κ3) is 3.29. The minimum Gasteiger partial charge on any atom is -0.417 e. The van der Waals surface area contributed by atoms with Crippen molar-refractivity contribution in [1.29, 1.82) is 0 Å². The Morgan fingerprint density at radius 3 is 2.73 bits per heavy atom. The number of aromatic nitrogens is 3. The number of pyridine rings is 1. The zero-order valence-electron chi connectivity index (χ0n) is 15.0. The topological polar surface area (TPSA) is 93.4 Å². The Morgan fingerprint density at radius 1 is 1.27 bits per heavy atom. The van der Waals surface area contributed by atoms with E-state index in [1.807, 2.05) is 23.1 Å². The van der Waals surface area contributed by atoms with Crippen LogP contribution >= 0.6 is 0 Å². The summed E-state index contributed by atoms with van der Waals surface area (Å²) < 4.78 is 11.0. The molecule has 1 aliphatic heterocycles. The average Bonchev–Trinajstić information content (AvgIpc) is 3.27. The van der Waals surface area contributed by atoms with Crippen molar-refractivity contribution in [3.8, 4) is 0 Å². The minimum absolute atomic E-state index is 0.0765. The van der Waals surface area contributed by atoms with Crippen LogP contribution in [-0.4, -0.2) is 58.3 Å². The third-order valence-electron chi connectivity index (χ3n) is 5.41. The molecule has 26 heavy (non-hydrogen) atoms. The Balaban J connectivity index is 1.44. The number of nitrogens with one attached hydrogen (secondary N) is 1. The molecule has 138 valence electrons. The average molecular weight is 357 g/mol. The normalized spacial score (nSPS) is 28.0. The highest BCUT2D eigenvalue weighted by Gasteiger charge is 2.44. The second-order valence-corrected chi connectivity index (χ2v) is 7.07. The van der Waals surface area contributed by atoms with Crippen LogP contribution in [0.15, 0.2) is 28.8 Å². The second-order valence-electron chi connectivity index (χ2n) is 7.07. The van der Waals surface area contributed by atoms with Crippen LogP contribution in [0.4, 0.5) is 5.82 Å². The molecule has 0 unspecified atom stereocenters. The van der Waals surface area contributed by atoms with Crippen LogP contribution in [0.3, 0.4) is 0 Å². The molecule has 4 rings (SSSR count). The Labute approximate surface area is 151 Å². The molecule has 1 saturated heterocycles. The van der Waals surface area contributed by atoms with Crippen molar-refractivity contribution in [2.24, 2.45) is 11.8 Å². The Hall–Kier alpha value is -2.48. The lowest BCUT2D eigenvalue weighted by molar-refractivity contribution is 0.0304. The largest absolute Gasteiger partial charge is 0.417 e. The maximum atomic E-state index is 12.6. The summed E-state index contributed by atoms with van der Waals surface area (Å²) >= 11 is 0. The summed E-state index contributed by atoms with van der Waals surface area (Å²) in [5.41, 5.74) is 0. The molecule has 2 aromatic rings. The van der Waals surface area contributed by atoms with Crippen LogP contribution in [0, 0.1) is 18.8 Å². The molecular formula is C18H23N5O3. The number of fused-ring (bicyclic) bond motifs is 1. The maximum absolute atomic E-state index is 12.6. The summed E-state index contributed by atoms with van der Waals surface area (Å²) in [6.45, 7) is 3.10. The van der Waals surface area contributed by atoms with E-state index in [9.17, 15) is 4.79 Å². The number of carbonyl (C=O) groups is 1. The first-order valence-electron chi connectivity index (χ1n) is 8.93. The van der Waals surface area contributed by atoms with Gasteiger partial charge in [0.2, 0.25) is 5.89 Å². The SMILES string of the molecule is CO[C@@H]1C[C@H]2CN(C(=O)c3nnc(C)o3)C[C@H]2C[C@H]1Nc1ccccn1. The fraction of sp³-hybridized carbons (Fsp3) is 0.556. The van der Waals surface area contributed by atoms with Crippen LogP contribution < -0.4 is 5.32 Å². The monoisotopic (exact) mass is 357 g/mol. The van der Waals surface area contributed by atoms with E-state index in [0.717, 1.165) is 18.7 Å². The van der Waals surface area contributed by atoms with Gasteiger partial charge in [-0.3, -0.25) is 4.79 Å². The fourth-order valence-corrected chi connectivity index (χ4v) is 4.15. The summed E-state index contributed by atoms with van der Waals surface area (Å²) in [6, 6.07) is 6.00. The number of hydrogen-bond acceptors (Lipinski definition) is 7. The van der Waals surface area contributed by atoms with Crippen molar-refractivity contribution in [2.45, 2.75) is 31.9 Å². The van der Waals surface area contributed by atoms with Crippen LogP contribution in [0.25, 0.3) is 0 Å². The van der Waals surface area contributed by atoms with Crippen LogP contribution in [0.1, 0.15) is 29.4 Å². The number of hydrogen-bond donors (Lipinski definition) is 1. The van der Waals surface area contributed by atoms with Gasteiger partial charge in [-0.25, -0.2) is 4.98 Å². The zero-order chi connectivity index (χ0) is 18.1. The summed E-state index contributed by atoms with van der Waals surface area (Å²) in [5, 5.41) is 11.1. The molecule has 2 aromatic heterocycles. The Kier molecular flexibility index (Phi) is 4.58. The number of likely N-dealkylation sites (tertiary alicyclic amines) is 1. The van der Waals surface area contributed by atoms with Gasteiger partial charge in [-0.2, -0.15) is 0 Å². The number of aryl methyl sites for hydroxylation is 1.